The standard InChI is InChI=1S/C19H28N2O2/c1-21(13-16-11-6-12-17(16)22)19(23)20-18(15-9-5-10-15)14-7-3-2-4-8-14/h2-4,7-8,15-18,22H,5-6,9-13H2,1H3,(H,20,23). The third-order valence-corrected chi connectivity index (χ3v) is 5.53. The summed E-state index contributed by atoms with van der Waals surface area (Å²) in [6.07, 6.45) is 6.33. The zero-order valence-electron chi connectivity index (χ0n) is 13.9. The van der Waals surface area contributed by atoms with Crippen LogP contribution in [0.4, 0.5) is 4.79 Å². The number of nitrogens with one attached hydrogen (secondary N) is 1. The highest BCUT2D eigenvalue weighted by Gasteiger charge is 2.32. The first-order valence-electron chi connectivity index (χ1n) is 8.90. The van der Waals surface area contributed by atoms with Crippen molar-refractivity contribution < 1.29 is 9.90 Å². The quantitative estimate of drug-likeness (QED) is 0.875. The van der Waals surface area contributed by atoms with Crippen LogP contribution in [0.3, 0.4) is 0 Å². The maximum Gasteiger partial charge on any atom is 0.317 e. The molecule has 0 heterocycles. The van der Waals surface area contributed by atoms with E-state index in [1.54, 1.807) is 4.90 Å². The van der Waals surface area contributed by atoms with E-state index in [0.717, 1.165) is 19.3 Å². The van der Waals surface area contributed by atoms with Gasteiger partial charge in [-0.25, -0.2) is 4.79 Å². The topological polar surface area (TPSA) is 52.6 Å². The minimum atomic E-state index is -0.248. The number of carbonyl (C=O) groups is 1. The molecule has 2 N–H and O–H groups in total. The number of hydrogen-bond donors (Lipinski definition) is 2. The fourth-order valence-corrected chi connectivity index (χ4v) is 3.82. The summed E-state index contributed by atoms with van der Waals surface area (Å²) in [5.74, 6) is 0.774. The summed E-state index contributed by atoms with van der Waals surface area (Å²) in [7, 11) is 1.84. The molecule has 3 atom stereocenters. The first kappa shape index (κ1) is 16.3. The van der Waals surface area contributed by atoms with Crippen LogP contribution in [0.25, 0.3) is 0 Å². The van der Waals surface area contributed by atoms with Gasteiger partial charge in [0.15, 0.2) is 0 Å². The monoisotopic (exact) mass is 316 g/mol. The normalized spacial score (nSPS) is 25.7. The Morgan fingerprint density at radius 2 is 1.91 bits per heavy atom. The highest BCUT2D eigenvalue weighted by atomic mass is 16.3. The molecule has 126 valence electrons. The van der Waals surface area contributed by atoms with E-state index in [9.17, 15) is 9.90 Å². The van der Waals surface area contributed by atoms with Gasteiger partial charge < -0.3 is 15.3 Å². The molecule has 0 bridgehead atoms. The summed E-state index contributed by atoms with van der Waals surface area (Å²) in [5.41, 5.74) is 1.19. The van der Waals surface area contributed by atoms with Crippen molar-refractivity contribution >= 4 is 6.03 Å². The Hall–Kier alpha value is -1.55. The Labute approximate surface area is 138 Å². The number of urea groups is 1. The average Bonchev–Trinajstić information content (AvgIpc) is 2.90. The molecule has 1 aromatic rings. The lowest BCUT2D eigenvalue weighted by atomic mass is 9.77. The fourth-order valence-electron chi connectivity index (χ4n) is 3.82. The third-order valence-electron chi connectivity index (χ3n) is 5.53. The Kier molecular flexibility index (Phi) is 5.21. The van der Waals surface area contributed by atoms with Crippen LogP contribution in [0.5, 0.6) is 0 Å². The third kappa shape index (κ3) is 3.86. The first-order chi connectivity index (χ1) is 11.1. The van der Waals surface area contributed by atoms with E-state index in [1.165, 1.54) is 24.8 Å². The van der Waals surface area contributed by atoms with Crippen LogP contribution in [-0.4, -0.2) is 35.7 Å². The minimum absolute atomic E-state index is 0.0233. The van der Waals surface area contributed by atoms with Gasteiger partial charge in [-0.15, -0.1) is 0 Å². The van der Waals surface area contributed by atoms with Crippen molar-refractivity contribution in [3.8, 4) is 0 Å². The van der Waals surface area contributed by atoms with E-state index in [2.05, 4.69) is 17.4 Å². The fraction of sp³-hybridized carbons (Fsp3) is 0.632. The molecule has 1 aromatic carbocycles. The molecule has 0 aliphatic heterocycles. The Bertz CT molecular complexity index is 515. The van der Waals surface area contributed by atoms with E-state index >= 15 is 0 Å². The predicted molar refractivity (Wildman–Crippen MR) is 91.0 cm³/mol. The maximum absolute atomic E-state index is 12.6. The van der Waals surface area contributed by atoms with Gasteiger partial charge in [-0.3, -0.25) is 0 Å². The molecule has 0 spiro atoms. The van der Waals surface area contributed by atoms with E-state index in [4.69, 9.17) is 0 Å². The molecular weight excluding hydrogens is 288 g/mol. The van der Waals surface area contributed by atoms with Crippen molar-refractivity contribution in [1.29, 1.82) is 0 Å². The van der Waals surface area contributed by atoms with Gasteiger partial charge in [0, 0.05) is 19.5 Å². The summed E-state index contributed by atoms with van der Waals surface area (Å²) >= 11 is 0. The number of benzene rings is 1. The van der Waals surface area contributed by atoms with Gasteiger partial charge in [-0.1, -0.05) is 43.2 Å². The minimum Gasteiger partial charge on any atom is -0.393 e. The molecule has 2 fully saturated rings. The van der Waals surface area contributed by atoms with Crippen LogP contribution in [0.15, 0.2) is 30.3 Å². The van der Waals surface area contributed by atoms with Gasteiger partial charge in [-0.05, 0) is 37.2 Å². The van der Waals surface area contributed by atoms with E-state index in [1.807, 2.05) is 25.2 Å². The average molecular weight is 316 g/mol. The first-order valence-corrected chi connectivity index (χ1v) is 8.90. The predicted octanol–water partition coefficient (Wildman–Crippen LogP) is 3.33. The van der Waals surface area contributed by atoms with Crippen LogP contribution < -0.4 is 5.32 Å². The largest absolute Gasteiger partial charge is 0.393 e. The zero-order valence-corrected chi connectivity index (χ0v) is 13.9. The lowest BCUT2D eigenvalue weighted by Gasteiger charge is -2.36. The van der Waals surface area contributed by atoms with Crippen molar-refractivity contribution in [2.45, 2.75) is 50.7 Å². The molecule has 0 aromatic heterocycles. The SMILES string of the molecule is CN(CC1CCCC1O)C(=O)NC(c1ccccc1)C1CCC1. The van der Waals surface area contributed by atoms with Gasteiger partial charge in [0.1, 0.15) is 0 Å². The molecule has 3 rings (SSSR count). The second kappa shape index (κ2) is 7.35. The Balaban J connectivity index is 1.61. The number of aliphatic hydroxyl groups excluding tert-OH is 1. The summed E-state index contributed by atoms with van der Waals surface area (Å²) in [6.45, 7) is 0.638. The van der Waals surface area contributed by atoms with Gasteiger partial charge in [0.05, 0.1) is 12.1 Å². The molecule has 2 saturated carbocycles. The van der Waals surface area contributed by atoms with Crippen molar-refractivity contribution in [3.05, 3.63) is 35.9 Å². The number of aliphatic hydroxyl groups is 1. The Morgan fingerprint density at radius 3 is 2.48 bits per heavy atom. The van der Waals surface area contributed by atoms with Crippen LogP contribution in [-0.2, 0) is 0 Å². The van der Waals surface area contributed by atoms with Crippen molar-refractivity contribution in [3.63, 3.8) is 0 Å². The molecule has 0 saturated heterocycles. The van der Waals surface area contributed by atoms with Gasteiger partial charge >= 0.3 is 6.03 Å². The molecule has 4 heteroatoms. The molecule has 4 nitrogen and oxygen atoms in total. The van der Waals surface area contributed by atoms with Crippen LogP contribution in [0.1, 0.15) is 50.1 Å². The summed E-state index contributed by atoms with van der Waals surface area (Å²) in [6, 6.07) is 10.4. The summed E-state index contributed by atoms with van der Waals surface area (Å²) in [5, 5.41) is 13.2. The van der Waals surface area contributed by atoms with Crippen LogP contribution in [0, 0.1) is 11.8 Å². The highest BCUT2D eigenvalue weighted by molar-refractivity contribution is 5.74. The van der Waals surface area contributed by atoms with Gasteiger partial charge in [0.25, 0.3) is 0 Å². The second-order valence-corrected chi connectivity index (χ2v) is 7.17. The summed E-state index contributed by atoms with van der Waals surface area (Å²) < 4.78 is 0. The molecule has 23 heavy (non-hydrogen) atoms. The molecule has 2 aliphatic rings. The smallest absolute Gasteiger partial charge is 0.317 e. The number of carbonyl (C=O) groups excluding carboxylic acids is 1. The number of hydrogen-bond acceptors (Lipinski definition) is 2. The number of nitrogens with zero attached hydrogens (tertiary/aromatic N) is 1. The van der Waals surface area contributed by atoms with Crippen molar-refractivity contribution in [1.82, 2.24) is 10.2 Å². The maximum atomic E-state index is 12.6. The molecule has 2 amide bonds. The van der Waals surface area contributed by atoms with Crippen LogP contribution in [0.2, 0.25) is 0 Å². The Morgan fingerprint density at radius 1 is 1.22 bits per heavy atom. The van der Waals surface area contributed by atoms with Gasteiger partial charge in [-0.2, -0.15) is 0 Å². The lowest BCUT2D eigenvalue weighted by Crippen LogP contribution is -2.45. The van der Waals surface area contributed by atoms with Gasteiger partial charge in [0.2, 0.25) is 0 Å². The number of amides is 2. The summed E-state index contributed by atoms with van der Waals surface area (Å²) in [4.78, 5) is 14.3. The second-order valence-electron chi connectivity index (χ2n) is 7.17. The molecular formula is C19H28N2O2. The van der Waals surface area contributed by atoms with Crippen molar-refractivity contribution in [2.75, 3.05) is 13.6 Å². The lowest BCUT2D eigenvalue weighted by molar-refractivity contribution is 0.112. The van der Waals surface area contributed by atoms with E-state index < -0.39 is 0 Å². The highest BCUT2D eigenvalue weighted by Crippen LogP contribution is 2.37. The van der Waals surface area contributed by atoms with Crippen LogP contribution >= 0.6 is 0 Å². The molecule has 2 aliphatic carbocycles. The molecule has 3 unspecified atom stereocenters. The zero-order chi connectivity index (χ0) is 16.2. The van der Waals surface area contributed by atoms with E-state index in [0.29, 0.717) is 12.5 Å². The van der Waals surface area contributed by atoms with E-state index in [-0.39, 0.29) is 24.1 Å². The molecule has 0 radical (unpaired) electrons. The van der Waals surface area contributed by atoms with Crippen molar-refractivity contribution in [2.24, 2.45) is 11.8 Å². The number of rotatable bonds is 5.